The highest BCUT2D eigenvalue weighted by Gasteiger charge is 2.25. The van der Waals surface area contributed by atoms with Crippen molar-refractivity contribution in [3.05, 3.63) is 0 Å². The van der Waals surface area contributed by atoms with Gasteiger partial charge in [0.15, 0.2) is 0 Å². The van der Waals surface area contributed by atoms with E-state index in [4.69, 9.17) is 5.26 Å². The van der Waals surface area contributed by atoms with E-state index < -0.39 is 6.04 Å². The summed E-state index contributed by atoms with van der Waals surface area (Å²) in [5.41, 5.74) is 0. The summed E-state index contributed by atoms with van der Waals surface area (Å²) in [4.78, 5) is 23.7. The topological polar surface area (TPSA) is 85.2 Å². The Morgan fingerprint density at radius 1 is 1.67 bits per heavy atom. The van der Waals surface area contributed by atoms with Crippen LogP contribution in [0, 0.1) is 11.3 Å². The molecule has 0 spiro atoms. The molecule has 82 valence electrons. The maximum atomic E-state index is 11.6. The van der Waals surface area contributed by atoms with Crippen LogP contribution in [0.3, 0.4) is 0 Å². The summed E-state index contributed by atoms with van der Waals surface area (Å²) < 4.78 is 0. The molecule has 1 heterocycles. The molecule has 0 aliphatic carbocycles. The van der Waals surface area contributed by atoms with Gasteiger partial charge in [-0.1, -0.05) is 0 Å². The van der Waals surface area contributed by atoms with Crippen molar-refractivity contribution in [1.82, 2.24) is 15.5 Å². The summed E-state index contributed by atoms with van der Waals surface area (Å²) >= 11 is 0. The normalized spacial score (nSPS) is 20.5. The van der Waals surface area contributed by atoms with Gasteiger partial charge in [-0.05, 0) is 0 Å². The first-order valence-corrected chi connectivity index (χ1v) is 4.79. The third-order valence-corrected chi connectivity index (χ3v) is 2.20. The van der Waals surface area contributed by atoms with Gasteiger partial charge < -0.3 is 15.5 Å². The monoisotopic (exact) mass is 210 g/mol. The standard InChI is InChI=1S/C9H14N4O2/c1-7(14)12-6-9(15)13-3-2-11-5-8(13)4-10/h8,11H,2-3,5-6H2,1H3,(H,12,14). The van der Waals surface area contributed by atoms with E-state index in [1.165, 1.54) is 11.8 Å². The molecular formula is C9H14N4O2. The number of piperazine rings is 1. The van der Waals surface area contributed by atoms with Crippen LogP contribution in [0.5, 0.6) is 0 Å². The fraction of sp³-hybridized carbons (Fsp3) is 0.667. The van der Waals surface area contributed by atoms with Crippen molar-refractivity contribution < 1.29 is 9.59 Å². The summed E-state index contributed by atoms with van der Waals surface area (Å²) in [5.74, 6) is -0.453. The van der Waals surface area contributed by atoms with Crippen molar-refractivity contribution >= 4 is 11.8 Å². The predicted octanol–water partition coefficient (Wildman–Crippen LogP) is -1.55. The fourth-order valence-corrected chi connectivity index (χ4v) is 1.42. The van der Waals surface area contributed by atoms with E-state index >= 15 is 0 Å². The number of carbonyl (C=O) groups is 2. The molecule has 0 bridgehead atoms. The Morgan fingerprint density at radius 3 is 3.00 bits per heavy atom. The van der Waals surface area contributed by atoms with Crippen molar-refractivity contribution in [2.45, 2.75) is 13.0 Å². The molecule has 0 saturated carbocycles. The lowest BCUT2D eigenvalue weighted by Crippen LogP contribution is -2.55. The number of amides is 2. The molecule has 1 unspecified atom stereocenters. The van der Waals surface area contributed by atoms with Crippen molar-refractivity contribution in [3.8, 4) is 6.07 Å². The molecular weight excluding hydrogens is 196 g/mol. The Bertz CT molecular complexity index is 297. The molecule has 2 amide bonds. The lowest BCUT2D eigenvalue weighted by molar-refractivity contribution is -0.134. The van der Waals surface area contributed by atoms with Crippen molar-refractivity contribution in [1.29, 1.82) is 5.26 Å². The molecule has 15 heavy (non-hydrogen) atoms. The third kappa shape index (κ3) is 3.22. The average Bonchev–Trinajstić information content (AvgIpc) is 2.25. The zero-order valence-electron chi connectivity index (χ0n) is 8.62. The molecule has 6 heteroatoms. The van der Waals surface area contributed by atoms with Gasteiger partial charge in [0.25, 0.3) is 0 Å². The fourth-order valence-electron chi connectivity index (χ4n) is 1.42. The summed E-state index contributed by atoms with van der Waals surface area (Å²) in [5, 5.41) is 14.3. The first-order chi connectivity index (χ1) is 7.15. The smallest absolute Gasteiger partial charge is 0.243 e. The van der Waals surface area contributed by atoms with Gasteiger partial charge in [-0.25, -0.2) is 0 Å². The molecule has 1 saturated heterocycles. The number of carbonyl (C=O) groups excluding carboxylic acids is 2. The van der Waals surface area contributed by atoms with E-state index in [1.807, 2.05) is 0 Å². The molecule has 0 aromatic heterocycles. The van der Waals surface area contributed by atoms with Gasteiger partial charge in [-0.15, -0.1) is 0 Å². The number of nitrogens with zero attached hydrogens (tertiary/aromatic N) is 2. The maximum absolute atomic E-state index is 11.6. The molecule has 2 N–H and O–H groups in total. The van der Waals surface area contributed by atoms with E-state index in [1.54, 1.807) is 0 Å². The number of hydrogen-bond donors (Lipinski definition) is 2. The Balaban J connectivity index is 2.49. The Labute approximate surface area is 88.2 Å². The third-order valence-electron chi connectivity index (χ3n) is 2.20. The average molecular weight is 210 g/mol. The van der Waals surface area contributed by atoms with E-state index in [9.17, 15) is 9.59 Å². The second-order valence-corrected chi connectivity index (χ2v) is 3.35. The van der Waals surface area contributed by atoms with Crippen LogP contribution in [0.15, 0.2) is 0 Å². The molecule has 1 atom stereocenters. The lowest BCUT2D eigenvalue weighted by Gasteiger charge is -2.31. The number of rotatable bonds is 2. The maximum Gasteiger partial charge on any atom is 0.243 e. The van der Waals surface area contributed by atoms with E-state index in [-0.39, 0.29) is 18.4 Å². The molecule has 1 fully saturated rings. The van der Waals surface area contributed by atoms with Gasteiger partial charge in [-0.2, -0.15) is 5.26 Å². The first-order valence-electron chi connectivity index (χ1n) is 4.79. The second-order valence-electron chi connectivity index (χ2n) is 3.35. The van der Waals surface area contributed by atoms with Gasteiger partial charge in [0.1, 0.15) is 6.04 Å². The predicted molar refractivity (Wildman–Crippen MR) is 52.7 cm³/mol. The van der Waals surface area contributed by atoms with Gasteiger partial charge in [0.2, 0.25) is 11.8 Å². The highest BCUT2D eigenvalue weighted by molar-refractivity contribution is 5.84. The quantitative estimate of drug-likeness (QED) is 0.577. The Hall–Kier alpha value is -1.61. The first kappa shape index (κ1) is 11.5. The molecule has 0 aromatic rings. The molecule has 1 aliphatic heterocycles. The summed E-state index contributed by atoms with van der Waals surface area (Å²) in [6, 6.07) is 1.62. The SMILES string of the molecule is CC(=O)NCC(=O)N1CCNCC1C#N. The zero-order chi connectivity index (χ0) is 11.3. The molecule has 1 rings (SSSR count). The van der Waals surface area contributed by atoms with Crippen molar-refractivity contribution in [2.75, 3.05) is 26.2 Å². The van der Waals surface area contributed by atoms with Crippen LogP contribution in [0.4, 0.5) is 0 Å². The van der Waals surface area contributed by atoms with Gasteiger partial charge in [0.05, 0.1) is 12.6 Å². The number of hydrogen-bond acceptors (Lipinski definition) is 4. The minimum Gasteiger partial charge on any atom is -0.347 e. The number of nitriles is 1. The second kappa shape index (κ2) is 5.32. The van der Waals surface area contributed by atoms with Crippen LogP contribution in [-0.2, 0) is 9.59 Å². The molecule has 0 radical (unpaired) electrons. The van der Waals surface area contributed by atoms with Gasteiger partial charge in [-0.3, -0.25) is 9.59 Å². The van der Waals surface area contributed by atoms with Gasteiger partial charge >= 0.3 is 0 Å². The molecule has 0 aromatic carbocycles. The van der Waals surface area contributed by atoms with Crippen molar-refractivity contribution in [2.24, 2.45) is 0 Å². The molecule has 1 aliphatic rings. The minimum absolute atomic E-state index is 0.0342. The van der Waals surface area contributed by atoms with Crippen LogP contribution >= 0.6 is 0 Å². The Morgan fingerprint density at radius 2 is 2.40 bits per heavy atom. The largest absolute Gasteiger partial charge is 0.347 e. The summed E-state index contributed by atoms with van der Waals surface area (Å²) in [6.07, 6.45) is 0. The highest BCUT2D eigenvalue weighted by Crippen LogP contribution is 2.01. The van der Waals surface area contributed by atoms with E-state index in [0.717, 1.165) is 0 Å². The number of nitrogens with one attached hydrogen (secondary N) is 2. The minimum atomic E-state index is -0.431. The van der Waals surface area contributed by atoms with Crippen LogP contribution < -0.4 is 10.6 Å². The van der Waals surface area contributed by atoms with E-state index in [0.29, 0.717) is 19.6 Å². The summed E-state index contributed by atoms with van der Waals surface area (Å²) in [6.45, 7) is 3.00. The highest BCUT2D eigenvalue weighted by atomic mass is 16.2. The van der Waals surface area contributed by atoms with Crippen LogP contribution in [-0.4, -0.2) is 48.9 Å². The van der Waals surface area contributed by atoms with Crippen LogP contribution in [0.1, 0.15) is 6.92 Å². The van der Waals surface area contributed by atoms with Gasteiger partial charge in [0, 0.05) is 26.6 Å². The van der Waals surface area contributed by atoms with Crippen LogP contribution in [0.2, 0.25) is 0 Å². The van der Waals surface area contributed by atoms with Crippen molar-refractivity contribution in [3.63, 3.8) is 0 Å². The van der Waals surface area contributed by atoms with Crippen LogP contribution in [0.25, 0.3) is 0 Å². The summed E-state index contributed by atoms with van der Waals surface area (Å²) in [7, 11) is 0. The van der Waals surface area contributed by atoms with E-state index in [2.05, 4.69) is 16.7 Å². The zero-order valence-corrected chi connectivity index (χ0v) is 8.62. The lowest BCUT2D eigenvalue weighted by atomic mass is 10.2. The Kier molecular flexibility index (Phi) is 4.06. The molecule has 6 nitrogen and oxygen atoms in total.